The van der Waals surface area contributed by atoms with Gasteiger partial charge >= 0.3 is 0 Å². The largest absolute Gasteiger partial charge is 0.497 e. The number of amides is 1. The second kappa shape index (κ2) is 9.55. The number of aromatic nitrogens is 3. The van der Waals surface area contributed by atoms with E-state index in [1.54, 1.807) is 25.4 Å². The van der Waals surface area contributed by atoms with Gasteiger partial charge in [0, 0.05) is 24.7 Å². The normalized spacial score (nSPS) is 20.9. The molecule has 2 N–H and O–H groups in total. The molecule has 2 heterocycles. The maximum atomic E-state index is 12.6. The molecule has 0 spiro atoms. The zero-order valence-corrected chi connectivity index (χ0v) is 19.3. The van der Waals surface area contributed by atoms with E-state index in [1.807, 2.05) is 24.4 Å². The molecule has 0 radical (unpaired) electrons. The molecule has 0 fully saturated rings. The maximum absolute atomic E-state index is 12.6. The van der Waals surface area contributed by atoms with Crippen LogP contribution in [0.3, 0.4) is 0 Å². The summed E-state index contributed by atoms with van der Waals surface area (Å²) in [4.78, 5) is 25.0. The van der Waals surface area contributed by atoms with Crippen molar-refractivity contribution in [1.29, 1.82) is 0 Å². The van der Waals surface area contributed by atoms with Gasteiger partial charge in [-0.2, -0.15) is 0 Å². The third-order valence-electron chi connectivity index (χ3n) is 6.71. The molecule has 32 heavy (non-hydrogen) atoms. The summed E-state index contributed by atoms with van der Waals surface area (Å²) in [6.07, 6.45) is 7.97. The van der Waals surface area contributed by atoms with Crippen LogP contribution in [-0.4, -0.2) is 34.5 Å². The fraction of sp³-hybridized carbons (Fsp3) is 0.423. The van der Waals surface area contributed by atoms with E-state index in [4.69, 9.17) is 9.72 Å². The van der Waals surface area contributed by atoms with Crippen molar-refractivity contribution in [1.82, 2.24) is 20.3 Å². The highest BCUT2D eigenvalue weighted by Crippen LogP contribution is 2.38. The smallest absolute Gasteiger partial charge is 0.251 e. The molecule has 2 aromatic heterocycles. The van der Waals surface area contributed by atoms with Crippen LogP contribution in [0.4, 0.5) is 0 Å². The summed E-state index contributed by atoms with van der Waals surface area (Å²) in [5, 5.41) is 3.14. The molecule has 0 bridgehead atoms. The van der Waals surface area contributed by atoms with Gasteiger partial charge in [0.2, 0.25) is 0 Å². The molecule has 6 nitrogen and oxygen atoms in total. The van der Waals surface area contributed by atoms with Crippen molar-refractivity contribution in [2.45, 2.75) is 33.6 Å². The maximum Gasteiger partial charge on any atom is 0.251 e. The van der Waals surface area contributed by atoms with Gasteiger partial charge in [-0.05, 0) is 67.3 Å². The number of carbonyl (C=O) groups excluding carboxylic acids is 1. The summed E-state index contributed by atoms with van der Waals surface area (Å²) in [5.41, 5.74) is 3.98. The molecule has 3 atom stereocenters. The van der Waals surface area contributed by atoms with E-state index >= 15 is 0 Å². The second-order valence-electron chi connectivity index (χ2n) is 9.13. The summed E-state index contributed by atoms with van der Waals surface area (Å²) in [6, 6.07) is 9.17. The Morgan fingerprint density at radius 3 is 2.72 bits per heavy atom. The summed E-state index contributed by atoms with van der Waals surface area (Å²) in [6.45, 7) is 7.42. The molecular formula is C26H32N4O2. The number of pyridine rings is 1. The van der Waals surface area contributed by atoms with Gasteiger partial charge in [0.05, 0.1) is 24.3 Å². The number of aromatic amines is 1. The minimum absolute atomic E-state index is 0.0424. The number of imidazole rings is 1. The Balaban J connectivity index is 1.44. The quantitative estimate of drug-likeness (QED) is 0.526. The molecule has 4 rings (SSSR count). The first-order chi connectivity index (χ1) is 15.4. The van der Waals surface area contributed by atoms with Gasteiger partial charge in [-0.15, -0.1) is 0 Å². The van der Waals surface area contributed by atoms with Gasteiger partial charge < -0.3 is 15.0 Å². The van der Waals surface area contributed by atoms with Crippen LogP contribution in [0.25, 0.3) is 11.0 Å². The summed E-state index contributed by atoms with van der Waals surface area (Å²) in [7, 11) is 1.62. The molecule has 0 saturated carbocycles. The van der Waals surface area contributed by atoms with Crippen LogP contribution in [0, 0.1) is 23.7 Å². The monoisotopic (exact) mass is 432 g/mol. The summed E-state index contributed by atoms with van der Waals surface area (Å²) < 4.78 is 5.18. The van der Waals surface area contributed by atoms with Crippen molar-refractivity contribution in [3.05, 3.63) is 65.8 Å². The van der Waals surface area contributed by atoms with Crippen LogP contribution >= 0.6 is 0 Å². The van der Waals surface area contributed by atoms with Crippen LogP contribution in [-0.2, 0) is 6.42 Å². The Morgan fingerprint density at radius 2 is 2.03 bits per heavy atom. The van der Waals surface area contributed by atoms with Gasteiger partial charge in [-0.3, -0.25) is 9.78 Å². The molecule has 0 saturated heterocycles. The molecule has 3 aromatic rings. The number of fused-ring (bicyclic) bond motifs is 1. The molecule has 1 aromatic carbocycles. The second-order valence-corrected chi connectivity index (χ2v) is 9.13. The molecule has 6 heteroatoms. The van der Waals surface area contributed by atoms with Crippen LogP contribution in [0.5, 0.6) is 5.75 Å². The minimum atomic E-state index is -0.0424. The van der Waals surface area contributed by atoms with E-state index in [1.165, 1.54) is 5.57 Å². The Labute approximate surface area is 189 Å². The molecule has 168 valence electrons. The number of hydrogen-bond acceptors (Lipinski definition) is 4. The number of nitrogens with one attached hydrogen (secondary N) is 2. The van der Waals surface area contributed by atoms with Crippen molar-refractivity contribution in [3.63, 3.8) is 0 Å². The average Bonchev–Trinajstić information content (AvgIpc) is 3.21. The number of methoxy groups -OCH3 is 1. The Bertz CT molecular complexity index is 1070. The number of benzene rings is 1. The third-order valence-corrected chi connectivity index (χ3v) is 6.71. The lowest BCUT2D eigenvalue weighted by Gasteiger charge is -2.37. The van der Waals surface area contributed by atoms with Crippen LogP contribution in [0.1, 0.15) is 43.4 Å². The van der Waals surface area contributed by atoms with Crippen molar-refractivity contribution >= 4 is 16.9 Å². The first-order valence-corrected chi connectivity index (χ1v) is 11.3. The highest BCUT2D eigenvalue weighted by molar-refractivity contribution is 5.94. The van der Waals surface area contributed by atoms with E-state index in [-0.39, 0.29) is 5.91 Å². The van der Waals surface area contributed by atoms with E-state index < -0.39 is 0 Å². The topological polar surface area (TPSA) is 79.9 Å². The van der Waals surface area contributed by atoms with Crippen molar-refractivity contribution < 1.29 is 9.53 Å². The van der Waals surface area contributed by atoms with Crippen molar-refractivity contribution in [3.8, 4) is 5.75 Å². The Kier molecular flexibility index (Phi) is 6.58. The zero-order chi connectivity index (χ0) is 22.7. The van der Waals surface area contributed by atoms with Crippen molar-refractivity contribution in [2.24, 2.45) is 23.7 Å². The molecule has 1 amide bonds. The van der Waals surface area contributed by atoms with Crippen LogP contribution in [0.15, 0.2) is 54.4 Å². The number of nitrogens with zero attached hydrogens (tertiary/aromatic N) is 2. The summed E-state index contributed by atoms with van der Waals surface area (Å²) in [5.74, 6) is 3.53. The predicted molar refractivity (Wildman–Crippen MR) is 127 cm³/mol. The van der Waals surface area contributed by atoms with Gasteiger partial charge in [-0.25, -0.2) is 4.98 Å². The molecular weight excluding hydrogens is 400 g/mol. The highest BCUT2D eigenvalue weighted by atomic mass is 16.5. The number of H-pyrrole nitrogens is 1. The first kappa shape index (κ1) is 22.1. The van der Waals surface area contributed by atoms with E-state index in [9.17, 15) is 4.79 Å². The lowest BCUT2D eigenvalue weighted by atomic mass is 9.69. The average molecular weight is 433 g/mol. The Hall–Kier alpha value is -3.15. The minimum Gasteiger partial charge on any atom is -0.497 e. The number of rotatable bonds is 7. The lowest BCUT2D eigenvalue weighted by Crippen LogP contribution is -2.37. The third kappa shape index (κ3) is 4.85. The van der Waals surface area contributed by atoms with Gasteiger partial charge in [0.1, 0.15) is 11.6 Å². The van der Waals surface area contributed by atoms with E-state index in [0.29, 0.717) is 35.8 Å². The number of hydrogen-bond donors (Lipinski definition) is 2. The number of carbonyl (C=O) groups is 1. The SMILES string of the molecule is COc1ccc(C(=O)NCC2C=C(C)C(Cc3nc4ccncc4[nH]3)CC2C(C)C)cc1. The predicted octanol–water partition coefficient (Wildman–Crippen LogP) is 4.79. The molecule has 0 aliphatic heterocycles. The van der Waals surface area contributed by atoms with Crippen molar-refractivity contribution in [2.75, 3.05) is 13.7 Å². The standard InChI is InChI=1S/C26H32N4O2/c1-16(2)22-12-19(13-25-29-23-9-10-27-15-24(23)30-25)17(3)11-20(22)14-28-26(31)18-5-7-21(32-4)8-6-18/h5-11,15-16,19-20,22H,12-14H2,1-4H3,(H,28,31)(H,29,30). The fourth-order valence-corrected chi connectivity index (χ4v) is 4.80. The molecule has 3 unspecified atom stereocenters. The number of ether oxygens (including phenoxy) is 1. The lowest BCUT2D eigenvalue weighted by molar-refractivity contribution is 0.0939. The van der Waals surface area contributed by atoms with Crippen LogP contribution in [0.2, 0.25) is 0 Å². The van der Waals surface area contributed by atoms with Crippen LogP contribution < -0.4 is 10.1 Å². The fourth-order valence-electron chi connectivity index (χ4n) is 4.80. The van der Waals surface area contributed by atoms with E-state index in [0.717, 1.165) is 35.4 Å². The van der Waals surface area contributed by atoms with Gasteiger partial charge in [0.15, 0.2) is 0 Å². The number of allylic oxidation sites excluding steroid dienone is 1. The Morgan fingerprint density at radius 1 is 1.25 bits per heavy atom. The zero-order valence-electron chi connectivity index (χ0n) is 19.3. The van der Waals surface area contributed by atoms with Gasteiger partial charge in [0.25, 0.3) is 5.91 Å². The van der Waals surface area contributed by atoms with Gasteiger partial charge in [-0.1, -0.05) is 25.5 Å². The van der Waals surface area contributed by atoms with E-state index in [2.05, 4.69) is 42.1 Å². The molecule has 1 aliphatic carbocycles. The molecule has 1 aliphatic rings. The highest BCUT2D eigenvalue weighted by Gasteiger charge is 2.32. The first-order valence-electron chi connectivity index (χ1n) is 11.3. The summed E-state index contributed by atoms with van der Waals surface area (Å²) >= 11 is 0.